The number of nitrogens with one attached hydrogen (secondary N) is 3. The van der Waals surface area contributed by atoms with Crippen molar-refractivity contribution in [3.05, 3.63) is 60.7 Å². The number of H-pyrrole nitrogens is 1. The summed E-state index contributed by atoms with van der Waals surface area (Å²) in [6.45, 7) is 2.40. The summed E-state index contributed by atoms with van der Waals surface area (Å²) in [4.78, 5) is 22.6. The maximum Gasteiger partial charge on any atom is 0.149 e. The summed E-state index contributed by atoms with van der Waals surface area (Å²) in [5.41, 5.74) is 2.68. The maximum absolute atomic E-state index is 14.3. The highest BCUT2D eigenvalue weighted by Gasteiger charge is 2.26. The predicted octanol–water partition coefficient (Wildman–Crippen LogP) is 2.57. The van der Waals surface area contributed by atoms with Crippen molar-refractivity contribution in [1.29, 1.82) is 0 Å². The third kappa shape index (κ3) is 3.33. The number of anilines is 2. The molecule has 152 valence electrons. The molecule has 0 aliphatic carbocycles. The Labute approximate surface area is 172 Å². The molecule has 0 radical (unpaired) electrons. The molecule has 30 heavy (non-hydrogen) atoms. The van der Waals surface area contributed by atoms with Crippen molar-refractivity contribution >= 4 is 22.7 Å². The minimum atomic E-state index is -0.392. The Morgan fingerprint density at radius 2 is 2.10 bits per heavy atom. The summed E-state index contributed by atoms with van der Waals surface area (Å²) in [6.07, 6.45) is 5.99. The van der Waals surface area contributed by atoms with Crippen LogP contribution in [0.25, 0.3) is 22.2 Å². The number of rotatable bonds is 6. The van der Waals surface area contributed by atoms with Gasteiger partial charge in [0.15, 0.2) is 0 Å². The second-order valence-electron chi connectivity index (χ2n) is 7.24. The normalized spacial score (nSPS) is 14.1. The van der Waals surface area contributed by atoms with Gasteiger partial charge in [0.05, 0.1) is 23.8 Å². The molecule has 0 unspecified atom stereocenters. The van der Waals surface area contributed by atoms with E-state index in [1.54, 1.807) is 18.5 Å². The first-order valence-corrected chi connectivity index (χ1v) is 9.77. The number of nitrogens with zero attached hydrogens (tertiary/aromatic N) is 5. The second-order valence-corrected chi connectivity index (χ2v) is 7.24. The Balaban J connectivity index is 1.40. The van der Waals surface area contributed by atoms with Crippen molar-refractivity contribution in [2.45, 2.75) is 12.6 Å². The molecule has 0 spiro atoms. The van der Waals surface area contributed by atoms with Gasteiger partial charge in [-0.3, -0.25) is 4.98 Å². The molecular formula is C21H21FN8. The van der Waals surface area contributed by atoms with E-state index in [0.717, 1.165) is 30.0 Å². The van der Waals surface area contributed by atoms with Crippen molar-refractivity contribution in [2.75, 3.05) is 30.4 Å². The summed E-state index contributed by atoms with van der Waals surface area (Å²) >= 11 is 0. The molecule has 1 fully saturated rings. The molecular weight excluding hydrogens is 383 g/mol. The van der Waals surface area contributed by atoms with Crippen molar-refractivity contribution < 1.29 is 4.39 Å². The van der Waals surface area contributed by atoms with Crippen LogP contribution in [0.4, 0.5) is 16.0 Å². The first-order chi connectivity index (χ1) is 14.7. The number of aromatic nitrogens is 5. The molecule has 3 N–H and O–H groups in total. The van der Waals surface area contributed by atoms with Crippen molar-refractivity contribution in [3.8, 4) is 11.1 Å². The van der Waals surface area contributed by atoms with Gasteiger partial charge >= 0.3 is 0 Å². The standard InChI is InChI=1S/C21H21FN8/c1-23-14-10-30(11-14)18-4-2-3-13(29-18)7-25-20-19-16(8-26-21(19)28-12-27-20)15-5-6-24-9-17(15)22/h2-6,8-9,12,14,23H,7,10-11H2,1H3,(H2,25,26,27,28). The zero-order valence-corrected chi connectivity index (χ0v) is 16.4. The van der Waals surface area contributed by atoms with Crippen LogP contribution in [-0.2, 0) is 6.54 Å². The van der Waals surface area contributed by atoms with E-state index in [-0.39, 0.29) is 0 Å². The molecule has 0 amide bonds. The fraction of sp³-hybridized carbons (Fsp3) is 0.238. The van der Waals surface area contributed by atoms with E-state index in [2.05, 4.69) is 35.5 Å². The summed E-state index contributed by atoms with van der Waals surface area (Å²) in [5.74, 6) is 1.20. The van der Waals surface area contributed by atoms with Crippen LogP contribution in [0.1, 0.15) is 5.69 Å². The molecule has 4 aromatic rings. The van der Waals surface area contributed by atoms with E-state index in [9.17, 15) is 4.39 Å². The topological polar surface area (TPSA) is 94.7 Å². The van der Waals surface area contributed by atoms with E-state index in [1.165, 1.54) is 12.5 Å². The zero-order chi connectivity index (χ0) is 20.5. The van der Waals surface area contributed by atoms with E-state index < -0.39 is 5.82 Å². The fourth-order valence-corrected chi connectivity index (χ4v) is 3.67. The smallest absolute Gasteiger partial charge is 0.149 e. The van der Waals surface area contributed by atoms with Crippen LogP contribution < -0.4 is 15.5 Å². The molecule has 1 aliphatic heterocycles. The number of fused-ring (bicyclic) bond motifs is 1. The van der Waals surface area contributed by atoms with Gasteiger partial charge in [-0.2, -0.15) is 0 Å². The van der Waals surface area contributed by atoms with Gasteiger partial charge in [0, 0.05) is 42.7 Å². The summed E-state index contributed by atoms with van der Waals surface area (Å²) in [5, 5.41) is 7.34. The lowest BCUT2D eigenvalue weighted by molar-refractivity contribution is 0.447. The molecule has 0 bridgehead atoms. The third-order valence-electron chi connectivity index (χ3n) is 5.38. The maximum atomic E-state index is 14.3. The number of halogens is 1. The zero-order valence-electron chi connectivity index (χ0n) is 16.4. The Kier molecular flexibility index (Phi) is 4.72. The molecule has 1 saturated heterocycles. The highest BCUT2D eigenvalue weighted by molar-refractivity contribution is 6.00. The van der Waals surface area contributed by atoms with Gasteiger partial charge in [-0.15, -0.1) is 0 Å². The van der Waals surface area contributed by atoms with Crippen LogP contribution in [0.5, 0.6) is 0 Å². The molecule has 4 aromatic heterocycles. The Bertz CT molecular complexity index is 1180. The molecule has 0 saturated carbocycles. The molecule has 5 rings (SSSR count). The number of hydrogen-bond acceptors (Lipinski definition) is 7. The van der Waals surface area contributed by atoms with E-state index in [1.807, 2.05) is 25.2 Å². The number of aromatic amines is 1. The molecule has 9 heteroatoms. The van der Waals surface area contributed by atoms with Gasteiger partial charge < -0.3 is 20.5 Å². The minimum absolute atomic E-state index is 0.392. The average molecular weight is 404 g/mol. The SMILES string of the molecule is CNC1CN(c2cccc(CNc3ncnc4[nH]cc(-c5ccncc5F)c34)n2)C1. The largest absolute Gasteiger partial charge is 0.364 e. The van der Waals surface area contributed by atoms with Crippen molar-refractivity contribution in [3.63, 3.8) is 0 Å². The molecule has 8 nitrogen and oxygen atoms in total. The monoisotopic (exact) mass is 404 g/mol. The lowest BCUT2D eigenvalue weighted by Gasteiger charge is -2.40. The summed E-state index contributed by atoms with van der Waals surface area (Å²) in [7, 11) is 1.98. The van der Waals surface area contributed by atoms with E-state index in [4.69, 9.17) is 4.98 Å². The molecule has 0 aromatic carbocycles. The highest BCUT2D eigenvalue weighted by Crippen LogP contribution is 2.33. The van der Waals surface area contributed by atoms with Gasteiger partial charge in [-0.1, -0.05) is 6.07 Å². The van der Waals surface area contributed by atoms with Gasteiger partial charge in [-0.05, 0) is 25.2 Å². The third-order valence-corrected chi connectivity index (χ3v) is 5.38. The first kappa shape index (κ1) is 18.4. The predicted molar refractivity (Wildman–Crippen MR) is 114 cm³/mol. The van der Waals surface area contributed by atoms with Gasteiger partial charge in [-0.25, -0.2) is 19.3 Å². The second kappa shape index (κ2) is 7.68. The van der Waals surface area contributed by atoms with Crippen LogP contribution in [0.3, 0.4) is 0 Å². The quantitative estimate of drug-likeness (QED) is 0.455. The lowest BCUT2D eigenvalue weighted by atomic mass is 10.1. The van der Waals surface area contributed by atoms with Crippen LogP contribution >= 0.6 is 0 Å². The molecule has 0 atom stereocenters. The minimum Gasteiger partial charge on any atom is -0.364 e. The summed E-state index contributed by atoms with van der Waals surface area (Å²) < 4.78 is 14.3. The number of hydrogen-bond donors (Lipinski definition) is 3. The average Bonchev–Trinajstić information content (AvgIpc) is 3.17. The summed E-state index contributed by atoms with van der Waals surface area (Å²) in [6, 6.07) is 8.17. The van der Waals surface area contributed by atoms with E-state index >= 15 is 0 Å². The Morgan fingerprint density at radius 1 is 1.20 bits per heavy atom. The van der Waals surface area contributed by atoms with Crippen molar-refractivity contribution in [1.82, 2.24) is 30.2 Å². The molecule has 5 heterocycles. The van der Waals surface area contributed by atoms with E-state index in [0.29, 0.717) is 35.2 Å². The number of likely N-dealkylation sites (N-methyl/N-ethyl adjacent to an activating group) is 1. The first-order valence-electron chi connectivity index (χ1n) is 9.77. The van der Waals surface area contributed by atoms with Crippen LogP contribution in [0, 0.1) is 5.82 Å². The molecule has 1 aliphatic rings. The van der Waals surface area contributed by atoms with Crippen LogP contribution in [-0.4, -0.2) is 51.1 Å². The lowest BCUT2D eigenvalue weighted by Crippen LogP contribution is -2.57. The van der Waals surface area contributed by atoms with Gasteiger partial charge in [0.25, 0.3) is 0 Å². The Morgan fingerprint density at radius 3 is 2.93 bits per heavy atom. The van der Waals surface area contributed by atoms with Crippen molar-refractivity contribution in [2.24, 2.45) is 0 Å². The van der Waals surface area contributed by atoms with Gasteiger partial charge in [0.2, 0.25) is 0 Å². The number of pyridine rings is 2. The Hall–Kier alpha value is -3.59. The fourth-order valence-electron chi connectivity index (χ4n) is 3.67. The van der Waals surface area contributed by atoms with Crippen LogP contribution in [0.2, 0.25) is 0 Å². The van der Waals surface area contributed by atoms with Crippen LogP contribution in [0.15, 0.2) is 49.2 Å². The highest BCUT2D eigenvalue weighted by atomic mass is 19.1. The van der Waals surface area contributed by atoms with Gasteiger partial charge in [0.1, 0.15) is 29.4 Å².